The van der Waals surface area contributed by atoms with E-state index in [4.69, 9.17) is 10.3 Å². The van der Waals surface area contributed by atoms with Crippen molar-refractivity contribution in [2.24, 2.45) is 0 Å². The molecule has 5 heteroatoms. The number of halogens is 1. The monoisotopic (exact) mass is 203 g/mol. The van der Waals surface area contributed by atoms with Gasteiger partial charge in [-0.25, -0.2) is 0 Å². The van der Waals surface area contributed by atoms with Gasteiger partial charge in [0.05, 0.1) is 0 Å². The highest BCUT2D eigenvalue weighted by Crippen LogP contribution is 2.31. The Morgan fingerprint density at radius 3 is 2.46 bits per heavy atom. The van der Waals surface area contributed by atoms with Gasteiger partial charge < -0.3 is 10.3 Å². The molecule has 1 aromatic heterocycles. The lowest BCUT2D eigenvalue weighted by atomic mass is 9.89. The number of anilines is 1. The van der Waals surface area contributed by atoms with Gasteiger partial charge in [-0.05, 0) is 18.0 Å². The summed E-state index contributed by atoms with van der Waals surface area (Å²) in [6, 6.07) is 0. The molecule has 74 valence electrons. The number of nitrogen functional groups attached to an aromatic ring is 1. The second-order valence-corrected chi connectivity index (χ2v) is 3.33. The van der Waals surface area contributed by atoms with Crippen LogP contribution in [-0.4, -0.2) is 10.1 Å². The average Bonchev–Trinajstić information content (AvgIpc) is 2.54. The van der Waals surface area contributed by atoms with E-state index in [0.29, 0.717) is 5.92 Å². The molecule has 1 aromatic rings. The first kappa shape index (κ1) is 10.3. The van der Waals surface area contributed by atoms with Gasteiger partial charge in [-0.1, -0.05) is 19.3 Å². The van der Waals surface area contributed by atoms with Crippen LogP contribution in [0.15, 0.2) is 4.52 Å². The van der Waals surface area contributed by atoms with E-state index in [2.05, 4.69) is 10.1 Å². The number of aromatic nitrogens is 2. The van der Waals surface area contributed by atoms with Gasteiger partial charge in [0.1, 0.15) is 0 Å². The highest BCUT2D eigenvalue weighted by molar-refractivity contribution is 5.85. The smallest absolute Gasteiger partial charge is 0.260 e. The molecular formula is C8H14ClN3O. The minimum Gasteiger partial charge on any atom is -0.365 e. The van der Waals surface area contributed by atoms with Crippen LogP contribution in [0.4, 0.5) is 5.95 Å². The van der Waals surface area contributed by atoms with Crippen LogP contribution in [0.3, 0.4) is 0 Å². The summed E-state index contributed by atoms with van der Waals surface area (Å²) in [5.41, 5.74) is 5.37. The lowest BCUT2D eigenvalue weighted by Crippen LogP contribution is -2.04. The number of hydrogen-bond donors (Lipinski definition) is 1. The number of rotatable bonds is 1. The average molecular weight is 204 g/mol. The third kappa shape index (κ3) is 2.34. The molecule has 0 amide bonds. The molecule has 0 spiro atoms. The van der Waals surface area contributed by atoms with Gasteiger partial charge >= 0.3 is 0 Å². The summed E-state index contributed by atoms with van der Waals surface area (Å²) >= 11 is 0. The Morgan fingerprint density at radius 1 is 1.23 bits per heavy atom. The van der Waals surface area contributed by atoms with Crippen molar-refractivity contribution in [2.45, 2.75) is 38.0 Å². The zero-order chi connectivity index (χ0) is 8.39. The Hall–Kier alpha value is -0.770. The maximum absolute atomic E-state index is 5.37. The molecule has 0 aromatic carbocycles. The van der Waals surface area contributed by atoms with E-state index in [0.717, 1.165) is 5.89 Å². The molecule has 0 aliphatic heterocycles. The third-order valence-electron chi connectivity index (χ3n) is 2.41. The molecule has 1 heterocycles. The van der Waals surface area contributed by atoms with E-state index in [9.17, 15) is 0 Å². The fourth-order valence-corrected chi connectivity index (χ4v) is 1.76. The van der Waals surface area contributed by atoms with Gasteiger partial charge in [0.25, 0.3) is 5.95 Å². The van der Waals surface area contributed by atoms with Crippen LogP contribution >= 0.6 is 12.4 Å². The van der Waals surface area contributed by atoms with Gasteiger partial charge in [-0.3, -0.25) is 0 Å². The Bertz CT molecular complexity index is 258. The first-order valence-corrected chi connectivity index (χ1v) is 4.45. The first-order valence-electron chi connectivity index (χ1n) is 4.45. The van der Waals surface area contributed by atoms with Gasteiger partial charge in [-0.15, -0.1) is 12.4 Å². The third-order valence-corrected chi connectivity index (χ3v) is 2.41. The molecule has 1 aliphatic carbocycles. The summed E-state index contributed by atoms with van der Waals surface area (Å²) in [6.45, 7) is 0. The number of nitrogens with zero attached hydrogens (tertiary/aromatic N) is 2. The maximum Gasteiger partial charge on any atom is 0.260 e. The number of hydrogen-bond acceptors (Lipinski definition) is 4. The van der Waals surface area contributed by atoms with E-state index in [1.54, 1.807) is 0 Å². The summed E-state index contributed by atoms with van der Waals surface area (Å²) in [5.74, 6) is 1.45. The van der Waals surface area contributed by atoms with E-state index in [1.807, 2.05) is 0 Å². The molecule has 0 saturated heterocycles. The highest BCUT2D eigenvalue weighted by atomic mass is 35.5. The van der Waals surface area contributed by atoms with Crippen LogP contribution in [0.25, 0.3) is 0 Å². The fourth-order valence-electron chi connectivity index (χ4n) is 1.76. The van der Waals surface area contributed by atoms with Crippen LogP contribution in [0.2, 0.25) is 0 Å². The second kappa shape index (κ2) is 4.46. The molecule has 2 rings (SSSR count). The molecule has 1 fully saturated rings. The van der Waals surface area contributed by atoms with Crippen LogP contribution in [0.5, 0.6) is 0 Å². The molecule has 4 nitrogen and oxygen atoms in total. The molecule has 0 radical (unpaired) electrons. The van der Waals surface area contributed by atoms with Crippen molar-refractivity contribution in [3.63, 3.8) is 0 Å². The topological polar surface area (TPSA) is 64.9 Å². The Morgan fingerprint density at radius 2 is 1.92 bits per heavy atom. The molecule has 1 aliphatic rings. The first-order chi connectivity index (χ1) is 5.86. The molecule has 0 bridgehead atoms. The summed E-state index contributed by atoms with van der Waals surface area (Å²) in [6.07, 6.45) is 6.21. The molecule has 0 unspecified atom stereocenters. The van der Waals surface area contributed by atoms with Crippen LogP contribution < -0.4 is 5.73 Å². The van der Waals surface area contributed by atoms with Gasteiger partial charge in [-0.2, -0.15) is 4.98 Å². The highest BCUT2D eigenvalue weighted by Gasteiger charge is 2.20. The van der Waals surface area contributed by atoms with Crippen molar-refractivity contribution in [1.82, 2.24) is 10.1 Å². The zero-order valence-corrected chi connectivity index (χ0v) is 8.22. The van der Waals surface area contributed by atoms with Crippen molar-refractivity contribution in [3.8, 4) is 0 Å². The molecule has 1 saturated carbocycles. The largest absolute Gasteiger partial charge is 0.365 e. The standard InChI is InChI=1S/C8H13N3O.ClH/c9-8-10-7(12-11-8)6-4-2-1-3-5-6;/h6H,1-5H2,(H2,9,11);1H. The van der Waals surface area contributed by atoms with Crippen molar-refractivity contribution >= 4 is 18.4 Å². The predicted molar refractivity (Wildman–Crippen MR) is 51.8 cm³/mol. The van der Waals surface area contributed by atoms with E-state index in [1.165, 1.54) is 32.1 Å². The van der Waals surface area contributed by atoms with Crippen molar-refractivity contribution in [1.29, 1.82) is 0 Å². The minimum absolute atomic E-state index is 0. The lowest BCUT2D eigenvalue weighted by molar-refractivity contribution is 0.314. The summed E-state index contributed by atoms with van der Waals surface area (Å²) in [7, 11) is 0. The van der Waals surface area contributed by atoms with Gasteiger partial charge in [0.15, 0.2) is 0 Å². The summed E-state index contributed by atoms with van der Waals surface area (Å²) in [5, 5.41) is 3.58. The van der Waals surface area contributed by atoms with Gasteiger partial charge in [0, 0.05) is 5.92 Å². The summed E-state index contributed by atoms with van der Waals surface area (Å²) in [4.78, 5) is 4.03. The molecular weight excluding hydrogens is 190 g/mol. The van der Waals surface area contributed by atoms with E-state index < -0.39 is 0 Å². The van der Waals surface area contributed by atoms with E-state index in [-0.39, 0.29) is 18.4 Å². The second-order valence-electron chi connectivity index (χ2n) is 3.33. The lowest BCUT2D eigenvalue weighted by Gasteiger charge is -2.16. The van der Waals surface area contributed by atoms with Crippen molar-refractivity contribution in [2.75, 3.05) is 5.73 Å². The quantitative estimate of drug-likeness (QED) is 0.760. The van der Waals surface area contributed by atoms with Crippen molar-refractivity contribution in [3.05, 3.63) is 5.89 Å². The summed E-state index contributed by atoms with van der Waals surface area (Å²) < 4.78 is 5.02. The van der Waals surface area contributed by atoms with E-state index >= 15 is 0 Å². The van der Waals surface area contributed by atoms with Gasteiger partial charge in [0.2, 0.25) is 5.89 Å². The minimum atomic E-state index is 0. The molecule has 2 N–H and O–H groups in total. The van der Waals surface area contributed by atoms with Crippen molar-refractivity contribution < 1.29 is 4.52 Å². The van der Waals surface area contributed by atoms with Crippen LogP contribution in [-0.2, 0) is 0 Å². The maximum atomic E-state index is 5.37. The zero-order valence-electron chi connectivity index (χ0n) is 7.40. The SMILES string of the molecule is Cl.Nc1noc(C2CCCCC2)n1. The van der Waals surface area contributed by atoms with Crippen LogP contribution in [0.1, 0.15) is 43.9 Å². The Balaban J connectivity index is 0.000000845. The fraction of sp³-hybridized carbons (Fsp3) is 0.750. The predicted octanol–water partition coefficient (Wildman–Crippen LogP) is 2.12. The normalized spacial score (nSPS) is 18.2. The molecule has 0 atom stereocenters. The number of nitrogens with two attached hydrogens (primary N) is 1. The Kier molecular flexibility index (Phi) is 3.54. The molecule has 13 heavy (non-hydrogen) atoms. The van der Waals surface area contributed by atoms with Crippen LogP contribution in [0, 0.1) is 0 Å². The Labute approximate surface area is 83.3 Å².